The summed E-state index contributed by atoms with van der Waals surface area (Å²) in [6, 6.07) is 4.14. The number of hydrogen-bond donors (Lipinski definition) is 0. The van der Waals surface area contributed by atoms with Crippen LogP contribution in [0.1, 0.15) is 154 Å². The maximum Gasteiger partial charge on any atom is 0.0473 e. The SMILES string of the molecule is C(=NN(C1CCCCC1)C1CCCCC1)C1CCC(N(C2CCCCC2)C2CCCCC2)CC1. The van der Waals surface area contributed by atoms with E-state index in [4.69, 9.17) is 5.10 Å². The van der Waals surface area contributed by atoms with Crippen molar-refractivity contribution in [2.24, 2.45) is 11.0 Å². The molecular formula is C31H55N3. The summed E-state index contributed by atoms with van der Waals surface area (Å²) in [5.41, 5.74) is 0. The second-order valence-electron chi connectivity index (χ2n) is 12.8. The Hall–Kier alpha value is -0.570. The summed E-state index contributed by atoms with van der Waals surface area (Å²) >= 11 is 0. The van der Waals surface area contributed by atoms with Gasteiger partial charge in [0.2, 0.25) is 0 Å². The van der Waals surface area contributed by atoms with Gasteiger partial charge in [-0.3, -0.25) is 9.91 Å². The smallest absolute Gasteiger partial charge is 0.0473 e. The van der Waals surface area contributed by atoms with Crippen molar-refractivity contribution in [1.29, 1.82) is 0 Å². The van der Waals surface area contributed by atoms with Crippen LogP contribution in [-0.2, 0) is 0 Å². The van der Waals surface area contributed by atoms with Crippen LogP contribution in [0.5, 0.6) is 0 Å². The van der Waals surface area contributed by atoms with E-state index in [1.54, 1.807) is 0 Å². The molecule has 5 saturated carbocycles. The van der Waals surface area contributed by atoms with E-state index in [1.165, 1.54) is 154 Å². The van der Waals surface area contributed by atoms with Crippen LogP contribution in [-0.4, -0.2) is 46.3 Å². The largest absolute Gasteiger partial charge is 0.294 e. The zero-order valence-electron chi connectivity index (χ0n) is 22.4. The van der Waals surface area contributed by atoms with Crippen LogP contribution in [0.25, 0.3) is 0 Å². The first-order chi connectivity index (χ1) is 16.9. The Morgan fingerprint density at radius 3 is 1.15 bits per heavy atom. The summed E-state index contributed by atoms with van der Waals surface area (Å²) < 4.78 is 0. The Kier molecular flexibility index (Phi) is 9.68. The molecule has 194 valence electrons. The first kappa shape index (κ1) is 25.1. The van der Waals surface area contributed by atoms with Gasteiger partial charge < -0.3 is 0 Å². The average Bonchev–Trinajstić information content (AvgIpc) is 2.92. The monoisotopic (exact) mass is 469 g/mol. The molecule has 0 bridgehead atoms. The van der Waals surface area contributed by atoms with Crippen molar-refractivity contribution in [3.63, 3.8) is 0 Å². The average molecular weight is 470 g/mol. The third-order valence-electron chi connectivity index (χ3n) is 10.5. The molecule has 0 amide bonds. The molecule has 0 spiro atoms. The van der Waals surface area contributed by atoms with Crippen molar-refractivity contribution in [2.45, 2.75) is 184 Å². The first-order valence-electron chi connectivity index (χ1n) is 16.0. The minimum Gasteiger partial charge on any atom is -0.294 e. The zero-order chi connectivity index (χ0) is 23.0. The van der Waals surface area contributed by atoms with E-state index in [0.717, 1.165) is 36.1 Å². The quantitative estimate of drug-likeness (QED) is 0.275. The lowest BCUT2D eigenvalue weighted by Crippen LogP contribution is -2.52. The van der Waals surface area contributed by atoms with Crippen LogP contribution in [0.2, 0.25) is 0 Å². The molecule has 0 N–H and O–H groups in total. The van der Waals surface area contributed by atoms with Crippen molar-refractivity contribution in [1.82, 2.24) is 9.91 Å². The standard InChI is InChI=1S/C31H55N3/c1-5-13-27(14-6-1)33(28-15-7-2-8-16-28)29-23-21-26(22-24-29)25-32-34(30-17-9-3-10-18-30)31-19-11-4-12-20-31/h25-31H,1-24H2. The molecule has 0 aromatic rings. The Balaban J connectivity index is 1.19. The van der Waals surface area contributed by atoms with Gasteiger partial charge >= 0.3 is 0 Å². The van der Waals surface area contributed by atoms with Crippen molar-refractivity contribution in [2.75, 3.05) is 0 Å². The Morgan fingerprint density at radius 2 is 0.735 bits per heavy atom. The highest BCUT2D eigenvalue weighted by Gasteiger charge is 2.36. The molecule has 0 aliphatic heterocycles. The van der Waals surface area contributed by atoms with Gasteiger partial charge in [-0.15, -0.1) is 0 Å². The second-order valence-corrected chi connectivity index (χ2v) is 12.8. The number of rotatable bonds is 7. The van der Waals surface area contributed by atoms with Gasteiger partial charge in [0.25, 0.3) is 0 Å². The van der Waals surface area contributed by atoms with Gasteiger partial charge in [-0.25, -0.2) is 0 Å². The normalized spacial score (nSPS) is 31.9. The van der Waals surface area contributed by atoms with Crippen LogP contribution in [0.4, 0.5) is 0 Å². The highest BCUT2D eigenvalue weighted by Crippen LogP contribution is 2.37. The topological polar surface area (TPSA) is 18.8 Å². The molecule has 5 rings (SSSR count). The molecule has 0 radical (unpaired) electrons. The molecule has 5 aliphatic rings. The second kappa shape index (κ2) is 13.1. The summed E-state index contributed by atoms with van der Waals surface area (Å²) in [6.45, 7) is 0. The Bertz CT molecular complexity index is 550. The van der Waals surface area contributed by atoms with E-state index < -0.39 is 0 Å². The fraction of sp³-hybridized carbons (Fsp3) is 0.968. The highest BCUT2D eigenvalue weighted by molar-refractivity contribution is 5.60. The predicted octanol–water partition coefficient (Wildman–Crippen LogP) is 8.47. The maximum absolute atomic E-state index is 5.34. The number of hydrazone groups is 1. The van der Waals surface area contributed by atoms with Gasteiger partial charge in [0, 0.05) is 36.4 Å². The Labute approximate surface area is 211 Å². The molecule has 0 unspecified atom stereocenters. The molecule has 0 aromatic carbocycles. The molecule has 5 aliphatic carbocycles. The molecule has 0 atom stereocenters. The first-order valence-corrected chi connectivity index (χ1v) is 16.0. The molecule has 3 nitrogen and oxygen atoms in total. The van der Waals surface area contributed by atoms with Crippen molar-refractivity contribution < 1.29 is 0 Å². The third kappa shape index (κ3) is 6.60. The van der Waals surface area contributed by atoms with Crippen molar-refractivity contribution in [3.05, 3.63) is 0 Å². The summed E-state index contributed by atoms with van der Waals surface area (Å²) in [5, 5.41) is 7.99. The van der Waals surface area contributed by atoms with E-state index in [-0.39, 0.29) is 0 Å². The van der Waals surface area contributed by atoms with Crippen LogP contribution < -0.4 is 0 Å². The minimum absolute atomic E-state index is 0.727. The number of nitrogens with zero attached hydrogens (tertiary/aromatic N) is 3. The molecule has 0 aromatic heterocycles. The van der Waals surface area contributed by atoms with Gasteiger partial charge in [-0.05, 0) is 83.0 Å². The van der Waals surface area contributed by atoms with Crippen molar-refractivity contribution in [3.8, 4) is 0 Å². The molecule has 0 saturated heterocycles. The van der Waals surface area contributed by atoms with Gasteiger partial charge in [0.1, 0.15) is 0 Å². The van der Waals surface area contributed by atoms with Crippen molar-refractivity contribution >= 4 is 6.21 Å². The van der Waals surface area contributed by atoms with Gasteiger partial charge in [-0.1, -0.05) is 77.0 Å². The van der Waals surface area contributed by atoms with Crippen LogP contribution in [0, 0.1) is 5.92 Å². The summed E-state index contributed by atoms with van der Waals surface area (Å²) in [6.07, 6.45) is 37.0. The summed E-state index contributed by atoms with van der Waals surface area (Å²) in [5.74, 6) is 0.727. The lowest BCUT2D eigenvalue weighted by atomic mass is 9.81. The lowest BCUT2D eigenvalue weighted by Gasteiger charge is -2.48. The zero-order valence-corrected chi connectivity index (χ0v) is 22.4. The van der Waals surface area contributed by atoms with Gasteiger partial charge in [-0.2, -0.15) is 5.10 Å². The van der Waals surface area contributed by atoms with E-state index in [9.17, 15) is 0 Å². The van der Waals surface area contributed by atoms with Gasteiger partial charge in [0.15, 0.2) is 0 Å². The van der Waals surface area contributed by atoms with Crippen LogP contribution in [0.3, 0.4) is 0 Å². The lowest BCUT2D eigenvalue weighted by molar-refractivity contribution is 0.0191. The molecular weight excluding hydrogens is 414 g/mol. The summed E-state index contributed by atoms with van der Waals surface area (Å²) in [4.78, 5) is 3.13. The third-order valence-corrected chi connectivity index (χ3v) is 10.5. The van der Waals surface area contributed by atoms with Gasteiger partial charge in [0.05, 0.1) is 0 Å². The minimum atomic E-state index is 0.727. The molecule has 0 heterocycles. The van der Waals surface area contributed by atoms with E-state index in [1.807, 2.05) is 0 Å². The number of hydrogen-bond acceptors (Lipinski definition) is 3. The van der Waals surface area contributed by atoms with E-state index in [2.05, 4.69) is 16.1 Å². The molecule has 5 fully saturated rings. The fourth-order valence-electron chi connectivity index (χ4n) is 8.55. The molecule has 3 heteroatoms. The maximum atomic E-state index is 5.34. The Morgan fingerprint density at radius 1 is 0.382 bits per heavy atom. The summed E-state index contributed by atoms with van der Waals surface area (Å²) in [7, 11) is 0. The van der Waals surface area contributed by atoms with Crippen LogP contribution in [0.15, 0.2) is 5.10 Å². The van der Waals surface area contributed by atoms with E-state index >= 15 is 0 Å². The highest BCUT2D eigenvalue weighted by atomic mass is 15.5. The van der Waals surface area contributed by atoms with Crippen LogP contribution >= 0.6 is 0 Å². The fourth-order valence-corrected chi connectivity index (χ4v) is 8.55. The molecule has 34 heavy (non-hydrogen) atoms. The predicted molar refractivity (Wildman–Crippen MR) is 145 cm³/mol. The van der Waals surface area contributed by atoms with E-state index in [0.29, 0.717) is 0 Å².